The summed E-state index contributed by atoms with van der Waals surface area (Å²) in [6, 6.07) is 13.0. The third-order valence-corrected chi connectivity index (χ3v) is 6.20. The van der Waals surface area contributed by atoms with Crippen LogP contribution in [0.15, 0.2) is 53.0 Å². The number of nitrogens with zero attached hydrogens (tertiary/aromatic N) is 3. The zero-order valence-corrected chi connectivity index (χ0v) is 19.8. The van der Waals surface area contributed by atoms with Gasteiger partial charge < -0.3 is 19.5 Å². The van der Waals surface area contributed by atoms with Gasteiger partial charge in [-0.25, -0.2) is 9.97 Å². The molecular weight excluding hydrogens is 462 g/mol. The lowest BCUT2D eigenvalue weighted by Gasteiger charge is -2.08. The van der Waals surface area contributed by atoms with Crippen molar-refractivity contribution in [2.75, 3.05) is 32.4 Å². The maximum absolute atomic E-state index is 12.4. The molecule has 0 saturated carbocycles. The summed E-state index contributed by atoms with van der Waals surface area (Å²) in [6.07, 6.45) is 0. The van der Waals surface area contributed by atoms with Crippen molar-refractivity contribution in [3.63, 3.8) is 0 Å². The smallest absolute Gasteiger partial charge is 0.236 e. The van der Waals surface area contributed by atoms with Crippen LogP contribution in [0.3, 0.4) is 0 Å². The molecule has 0 atom stereocenters. The highest BCUT2D eigenvalue weighted by Crippen LogP contribution is 2.35. The standard InChI is InChI=1S/C22H21N5O4S2/c1-29-14-6-4-13(5-7-14)20-25-22(27-26-20)33-12-19(28)24-21-23-17(11-32-21)16-9-8-15(30-2)10-18(16)31-3/h4-11H,12H2,1-3H3,(H,23,24,28)(H,25,26,27). The Balaban J connectivity index is 1.35. The quantitative estimate of drug-likeness (QED) is 0.338. The van der Waals surface area contributed by atoms with Crippen LogP contribution < -0.4 is 19.5 Å². The average Bonchev–Trinajstić information content (AvgIpc) is 3.52. The van der Waals surface area contributed by atoms with Gasteiger partial charge in [0.25, 0.3) is 0 Å². The summed E-state index contributed by atoms with van der Waals surface area (Å²) in [5.74, 6) is 2.68. The summed E-state index contributed by atoms with van der Waals surface area (Å²) in [5, 5.41) is 12.7. The summed E-state index contributed by atoms with van der Waals surface area (Å²) in [7, 11) is 4.81. The molecule has 1 amide bonds. The van der Waals surface area contributed by atoms with E-state index in [-0.39, 0.29) is 11.7 Å². The SMILES string of the molecule is COc1ccc(-c2nc(SCC(=O)Nc3nc(-c4ccc(OC)cc4OC)cs3)n[nH]2)cc1. The molecule has 0 saturated heterocycles. The van der Waals surface area contributed by atoms with Gasteiger partial charge in [-0.05, 0) is 36.4 Å². The van der Waals surface area contributed by atoms with E-state index in [1.807, 2.05) is 41.8 Å². The number of benzene rings is 2. The second-order valence-electron chi connectivity index (χ2n) is 6.64. The number of aromatic amines is 1. The highest BCUT2D eigenvalue weighted by Gasteiger charge is 2.14. The van der Waals surface area contributed by atoms with Crippen LogP contribution in [0.5, 0.6) is 17.2 Å². The van der Waals surface area contributed by atoms with Crippen molar-refractivity contribution in [1.82, 2.24) is 20.2 Å². The first-order chi connectivity index (χ1) is 16.1. The molecule has 0 aliphatic carbocycles. The van der Waals surface area contributed by atoms with Gasteiger partial charge in [0, 0.05) is 22.6 Å². The molecule has 9 nitrogen and oxygen atoms in total. The molecule has 11 heteroatoms. The number of carbonyl (C=O) groups excluding carboxylic acids is 1. The van der Waals surface area contributed by atoms with E-state index in [1.54, 1.807) is 27.4 Å². The molecule has 0 spiro atoms. The van der Waals surface area contributed by atoms with Gasteiger partial charge in [-0.1, -0.05) is 11.8 Å². The molecule has 2 aromatic carbocycles. The topological polar surface area (TPSA) is 111 Å². The number of methoxy groups -OCH3 is 3. The Morgan fingerprint density at radius 2 is 1.79 bits per heavy atom. The van der Waals surface area contributed by atoms with Crippen molar-refractivity contribution in [3.8, 4) is 39.9 Å². The van der Waals surface area contributed by atoms with E-state index in [9.17, 15) is 4.79 Å². The first-order valence-corrected chi connectivity index (χ1v) is 11.6. The van der Waals surface area contributed by atoms with Gasteiger partial charge in [0.15, 0.2) is 11.0 Å². The molecule has 0 unspecified atom stereocenters. The molecule has 0 radical (unpaired) electrons. The number of amides is 1. The number of hydrogen-bond donors (Lipinski definition) is 2. The van der Waals surface area contributed by atoms with Gasteiger partial charge in [-0.2, -0.15) is 0 Å². The van der Waals surface area contributed by atoms with Crippen LogP contribution in [-0.2, 0) is 4.79 Å². The Hall–Kier alpha value is -3.57. The summed E-state index contributed by atoms with van der Waals surface area (Å²) in [5.41, 5.74) is 2.40. The zero-order chi connectivity index (χ0) is 23.2. The van der Waals surface area contributed by atoms with Crippen molar-refractivity contribution in [2.45, 2.75) is 5.16 Å². The van der Waals surface area contributed by atoms with Crippen LogP contribution in [0.1, 0.15) is 0 Å². The number of anilines is 1. The lowest BCUT2D eigenvalue weighted by atomic mass is 10.1. The largest absolute Gasteiger partial charge is 0.497 e. The maximum Gasteiger partial charge on any atom is 0.236 e. The maximum atomic E-state index is 12.4. The number of nitrogens with one attached hydrogen (secondary N) is 2. The summed E-state index contributed by atoms with van der Waals surface area (Å²) >= 11 is 2.58. The molecule has 0 bridgehead atoms. The molecular formula is C22H21N5O4S2. The van der Waals surface area contributed by atoms with Gasteiger partial charge in [-0.15, -0.1) is 16.4 Å². The second-order valence-corrected chi connectivity index (χ2v) is 8.44. The van der Waals surface area contributed by atoms with Crippen molar-refractivity contribution in [3.05, 3.63) is 47.8 Å². The fourth-order valence-corrected chi connectivity index (χ4v) is 4.26. The number of hydrogen-bond acceptors (Lipinski definition) is 9. The molecule has 0 aliphatic heterocycles. The van der Waals surface area contributed by atoms with Crippen LogP contribution >= 0.6 is 23.1 Å². The van der Waals surface area contributed by atoms with Crippen molar-refractivity contribution >= 4 is 34.1 Å². The Morgan fingerprint density at radius 1 is 1.03 bits per heavy atom. The monoisotopic (exact) mass is 483 g/mol. The van der Waals surface area contributed by atoms with Crippen molar-refractivity contribution < 1.29 is 19.0 Å². The molecule has 2 heterocycles. The summed E-state index contributed by atoms with van der Waals surface area (Å²) in [6.45, 7) is 0. The average molecular weight is 484 g/mol. The minimum atomic E-state index is -0.196. The van der Waals surface area contributed by atoms with Crippen LogP contribution in [0.4, 0.5) is 5.13 Å². The lowest BCUT2D eigenvalue weighted by molar-refractivity contribution is -0.113. The number of aromatic nitrogens is 4. The molecule has 2 aromatic heterocycles. The van der Waals surface area contributed by atoms with Crippen molar-refractivity contribution in [1.29, 1.82) is 0 Å². The highest BCUT2D eigenvalue weighted by molar-refractivity contribution is 7.99. The lowest BCUT2D eigenvalue weighted by Crippen LogP contribution is -2.13. The van der Waals surface area contributed by atoms with E-state index in [4.69, 9.17) is 14.2 Å². The second kappa shape index (κ2) is 10.4. The van der Waals surface area contributed by atoms with Crippen LogP contribution in [0.25, 0.3) is 22.6 Å². The van der Waals surface area contributed by atoms with Gasteiger partial charge in [0.05, 0.1) is 32.8 Å². The molecule has 2 N–H and O–H groups in total. The third-order valence-electron chi connectivity index (χ3n) is 4.60. The van der Waals surface area contributed by atoms with Gasteiger partial charge >= 0.3 is 0 Å². The predicted octanol–water partition coefficient (Wildman–Crippen LogP) is 4.35. The first kappa shape index (κ1) is 22.6. The molecule has 0 fully saturated rings. The van der Waals surface area contributed by atoms with Gasteiger partial charge in [-0.3, -0.25) is 9.89 Å². The van der Waals surface area contributed by atoms with Crippen molar-refractivity contribution in [2.24, 2.45) is 0 Å². The normalized spacial score (nSPS) is 10.6. The number of carbonyl (C=O) groups is 1. The fourth-order valence-electron chi connectivity index (χ4n) is 2.94. The molecule has 4 rings (SSSR count). The highest BCUT2D eigenvalue weighted by atomic mass is 32.2. The minimum absolute atomic E-state index is 0.153. The predicted molar refractivity (Wildman–Crippen MR) is 128 cm³/mol. The van der Waals surface area contributed by atoms with Crippen LogP contribution in [0, 0.1) is 0 Å². The van der Waals surface area contributed by atoms with E-state index in [1.165, 1.54) is 23.1 Å². The third kappa shape index (κ3) is 5.44. The van der Waals surface area contributed by atoms with E-state index < -0.39 is 0 Å². The van der Waals surface area contributed by atoms with E-state index >= 15 is 0 Å². The first-order valence-electron chi connectivity index (χ1n) is 9.77. The van der Waals surface area contributed by atoms with E-state index in [0.29, 0.717) is 33.3 Å². The number of thioether (sulfide) groups is 1. The van der Waals surface area contributed by atoms with E-state index in [0.717, 1.165) is 16.9 Å². The van der Waals surface area contributed by atoms with E-state index in [2.05, 4.69) is 25.5 Å². The summed E-state index contributed by atoms with van der Waals surface area (Å²) in [4.78, 5) is 21.3. The molecule has 33 heavy (non-hydrogen) atoms. The number of thiazole rings is 1. The van der Waals surface area contributed by atoms with Crippen LogP contribution in [0.2, 0.25) is 0 Å². The van der Waals surface area contributed by atoms with Crippen LogP contribution in [-0.4, -0.2) is 53.2 Å². The summed E-state index contributed by atoms with van der Waals surface area (Å²) < 4.78 is 15.8. The number of rotatable bonds is 9. The molecule has 4 aromatic rings. The Morgan fingerprint density at radius 3 is 2.52 bits per heavy atom. The molecule has 170 valence electrons. The number of H-pyrrole nitrogens is 1. The number of ether oxygens (including phenoxy) is 3. The Bertz CT molecular complexity index is 1240. The Kier molecular flexibility index (Phi) is 7.10. The zero-order valence-electron chi connectivity index (χ0n) is 18.1. The van der Waals surface area contributed by atoms with Gasteiger partial charge in [0.2, 0.25) is 11.1 Å². The fraction of sp³-hybridized carbons (Fsp3) is 0.182. The molecule has 0 aliphatic rings. The van der Waals surface area contributed by atoms with Gasteiger partial charge in [0.1, 0.15) is 17.2 Å². The Labute approximate surface area is 198 Å². The minimum Gasteiger partial charge on any atom is -0.497 e.